The molecule has 0 unspecified atom stereocenters. The number of halogens is 3. The van der Waals surface area contributed by atoms with Crippen LogP contribution in [0.15, 0.2) is 83.4 Å². The van der Waals surface area contributed by atoms with Gasteiger partial charge in [-0.05, 0) is 23.8 Å². The average Bonchev–Trinajstić information content (AvgIpc) is 3.23. The molecule has 0 spiro atoms. The van der Waals surface area contributed by atoms with E-state index >= 15 is 0 Å². The molecule has 0 N–H and O–H groups in total. The normalized spacial score (nSPS) is 11.4. The molecule has 0 amide bonds. The minimum Gasteiger partial charge on any atom is -0.465 e. The lowest BCUT2D eigenvalue weighted by molar-refractivity contribution is -0.137. The van der Waals surface area contributed by atoms with Gasteiger partial charge < -0.3 is 9.26 Å². The summed E-state index contributed by atoms with van der Waals surface area (Å²) in [4.78, 5) is 12.3. The van der Waals surface area contributed by atoms with Crippen LogP contribution in [0.3, 0.4) is 0 Å². The Balaban J connectivity index is 2.00. The van der Waals surface area contributed by atoms with Crippen LogP contribution in [0.2, 0.25) is 0 Å². The highest BCUT2D eigenvalue weighted by Gasteiger charge is 2.32. The number of methoxy groups -OCH3 is 1. The number of hydrogen-bond acceptors (Lipinski definition) is 4. The van der Waals surface area contributed by atoms with Crippen molar-refractivity contribution in [3.8, 4) is 33.7 Å². The van der Waals surface area contributed by atoms with Gasteiger partial charge in [-0.15, -0.1) is 0 Å². The fourth-order valence-corrected chi connectivity index (χ4v) is 3.35. The summed E-state index contributed by atoms with van der Waals surface area (Å²) in [5, 5.41) is 4.15. The van der Waals surface area contributed by atoms with Crippen LogP contribution in [0.4, 0.5) is 13.2 Å². The summed E-state index contributed by atoms with van der Waals surface area (Å²) in [5.41, 5.74) is 1.45. The second kappa shape index (κ2) is 8.10. The van der Waals surface area contributed by atoms with Gasteiger partial charge in [-0.3, -0.25) is 0 Å². The zero-order chi connectivity index (χ0) is 22.0. The first-order valence-electron chi connectivity index (χ1n) is 9.30. The van der Waals surface area contributed by atoms with Gasteiger partial charge >= 0.3 is 12.1 Å². The summed E-state index contributed by atoms with van der Waals surface area (Å²) in [7, 11) is 1.25. The van der Waals surface area contributed by atoms with Crippen LogP contribution in [0.5, 0.6) is 0 Å². The number of nitrogens with zero attached hydrogens (tertiary/aromatic N) is 1. The van der Waals surface area contributed by atoms with Crippen molar-refractivity contribution in [1.29, 1.82) is 0 Å². The Morgan fingerprint density at radius 1 is 0.903 bits per heavy atom. The Kier molecular flexibility index (Phi) is 5.33. The van der Waals surface area contributed by atoms with E-state index in [1.54, 1.807) is 54.6 Å². The van der Waals surface area contributed by atoms with Gasteiger partial charge in [0.1, 0.15) is 5.69 Å². The number of benzene rings is 3. The number of hydrogen-bond donors (Lipinski definition) is 0. The highest BCUT2D eigenvalue weighted by molar-refractivity contribution is 6.00. The van der Waals surface area contributed by atoms with E-state index in [2.05, 4.69) is 5.16 Å². The van der Waals surface area contributed by atoms with E-state index < -0.39 is 17.7 Å². The van der Waals surface area contributed by atoms with E-state index in [1.165, 1.54) is 13.2 Å². The van der Waals surface area contributed by atoms with Gasteiger partial charge in [0.05, 0.1) is 23.8 Å². The van der Waals surface area contributed by atoms with Crippen molar-refractivity contribution in [2.24, 2.45) is 0 Å². The van der Waals surface area contributed by atoms with Gasteiger partial charge in [-0.25, -0.2) is 4.79 Å². The lowest BCUT2D eigenvalue weighted by atomic mass is 9.93. The topological polar surface area (TPSA) is 52.3 Å². The van der Waals surface area contributed by atoms with Crippen molar-refractivity contribution in [2.45, 2.75) is 6.18 Å². The maximum Gasteiger partial charge on any atom is 0.416 e. The minimum atomic E-state index is -4.51. The first-order chi connectivity index (χ1) is 14.9. The third kappa shape index (κ3) is 3.94. The fraction of sp³-hybridized carbons (Fsp3) is 0.0833. The maximum absolute atomic E-state index is 13.4. The molecule has 4 rings (SSSR count). The molecule has 0 saturated heterocycles. The van der Waals surface area contributed by atoms with E-state index in [9.17, 15) is 18.0 Å². The largest absolute Gasteiger partial charge is 0.465 e. The Morgan fingerprint density at radius 3 is 2.29 bits per heavy atom. The second-order valence-electron chi connectivity index (χ2n) is 6.72. The number of ether oxygens (including phenoxy) is 1. The van der Waals surface area contributed by atoms with Crippen molar-refractivity contribution in [1.82, 2.24) is 5.16 Å². The SMILES string of the molecule is COC(=O)c1ccccc1-c1onc(-c2ccccc2)c1-c1cccc(C(F)(F)F)c1. The molecule has 0 saturated carbocycles. The number of aromatic nitrogens is 1. The molecule has 156 valence electrons. The van der Waals surface area contributed by atoms with Crippen LogP contribution in [0.1, 0.15) is 15.9 Å². The molecular formula is C24H16F3NO3. The van der Waals surface area contributed by atoms with E-state index in [4.69, 9.17) is 9.26 Å². The van der Waals surface area contributed by atoms with Crippen molar-refractivity contribution in [3.05, 3.63) is 90.0 Å². The summed E-state index contributed by atoms with van der Waals surface area (Å²) in [6.45, 7) is 0. The Morgan fingerprint density at radius 2 is 1.58 bits per heavy atom. The molecule has 0 radical (unpaired) electrons. The summed E-state index contributed by atoms with van der Waals surface area (Å²) >= 11 is 0. The van der Waals surface area contributed by atoms with Crippen LogP contribution in [-0.4, -0.2) is 18.2 Å². The molecule has 7 heteroatoms. The van der Waals surface area contributed by atoms with E-state index in [1.807, 2.05) is 6.07 Å². The molecule has 0 aliphatic rings. The van der Waals surface area contributed by atoms with Crippen LogP contribution in [0.25, 0.3) is 33.7 Å². The second-order valence-corrected chi connectivity index (χ2v) is 6.72. The lowest BCUT2D eigenvalue weighted by Gasteiger charge is -2.11. The van der Waals surface area contributed by atoms with Gasteiger partial charge in [0.15, 0.2) is 5.76 Å². The molecule has 1 aromatic heterocycles. The van der Waals surface area contributed by atoms with Crippen LogP contribution in [0, 0.1) is 0 Å². The van der Waals surface area contributed by atoms with E-state index in [-0.39, 0.29) is 16.9 Å². The zero-order valence-corrected chi connectivity index (χ0v) is 16.3. The number of carbonyl (C=O) groups excluding carboxylic acids is 1. The molecule has 31 heavy (non-hydrogen) atoms. The summed E-state index contributed by atoms with van der Waals surface area (Å²) < 4.78 is 50.6. The molecule has 4 nitrogen and oxygen atoms in total. The molecule has 1 heterocycles. The molecule has 0 aliphatic heterocycles. The third-order valence-corrected chi connectivity index (χ3v) is 4.79. The number of esters is 1. The summed E-state index contributed by atoms with van der Waals surface area (Å²) in [6, 6.07) is 20.5. The summed E-state index contributed by atoms with van der Waals surface area (Å²) in [6.07, 6.45) is -4.51. The monoisotopic (exact) mass is 423 g/mol. The molecule has 4 aromatic rings. The standard InChI is InChI=1S/C24H16F3NO3/c1-30-23(29)19-13-6-5-12-18(19)22-20(16-10-7-11-17(14-16)24(25,26)27)21(28-31-22)15-8-3-2-4-9-15/h2-14H,1H3. The van der Waals surface area contributed by atoms with Crippen LogP contribution < -0.4 is 0 Å². The maximum atomic E-state index is 13.4. The van der Waals surface area contributed by atoms with Crippen molar-refractivity contribution in [2.75, 3.05) is 7.11 Å². The molecular weight excluding hydrogens is 407 g/mol. The minimum absolute atomic E-state index is 0.180. The number of rotatable bonds is 4. The van der Waals surface area contributed by atoms with Gasteiger partial charge in [-0.1, -0.05) is 65.8 Å². The van der Waals surface area contributed by atoms with Gasteiger partial charge in [-0.2, -0.15) is 13.2 Å². The lowest BCUT2D eigenvalue weighted by Crippen LogP contribution is -2.05. The summed E-state index contributed by atoms with van der Waals surface area (Å²) in [5.74, 6) is -0.414. The van der Waals surface area contributed by atoms with Crippen LogP contribution >= 0.6 is 0 Å². The van der Waals surface area contributed by atoms with E-state index in [0.29, 0.717) is 22.4 Å². The fourth-order valence-electron chi connectivity index (χ4n) is 3.35. The Bertz CT molecular complexity index is 1230. The van der Waals surface area contributed by atoms with Crippen molar-refractivity contribution in [3.63, 3.8) is 0 Å². The molecule has 0 aliphatic carbocycles. The van der Waals surface area contributed by atoms with Crippen molar-refractivity contribution >= 4 is 5.97 Å². The highest BCUT2D eigenvalue weighted by Crippen LogP contribution is 2.42. The smallest absolute Gasteiger partial charge is 0.416 e. The predicted octanol–water partition coefficient (Wildman–Crippen LogP) is 6.48. The molecule has 0 atom stereocenters. The van der Waals surface area contributed by atoms with Gasteiger partial charge in [0.2, 0.25) is 0 Å². The Hall–Kier alpha value is -3.87. The van der Waals surface area contributed by atoms with Crippen LogP contribution in [-0.2, 0) is 10.9 Å². The van der Waals surface area contributed by atoms with E-state index in [0.717, 1.165) is 12.1 Å². The average molecular weight is 423 g/mol. The first-order valence-corrected chi connectivity index (χ1v) is 9.30. The van der Waals surface area contributed by atoms with Crippen molar-refractivity contribution < 1.29 is 27.2 Å². The highest BCUT2D eigenvalue weighted by atomic mass is 19.4. The zero-order valence-electron chi connectivity index (χ0n) is 16.3. The first kappa shape index (κ1) is 20.4. The Labute approximate surface area is 175 Å². The predicted molar refractivity (Wildman–Crippen MR) is 109 cm³/mol. The number of carbonyl (C=O) groups is 1. The van der Waals surface area contributed by atoms with Gasteiger partial charge in [0.25, 0.3) is 0 Å². The quantitative estimate of drug-likeness (QED) is 0.353. The molecule has 0 fully saturated rings. The number of alkyl halides is 3. The third-order valence-electron chi connectivity index (χ3n) is 4.79. The van der Waals surface area contributed by atoms with Gasteiger partial charge in [0, 0.05) is 11.1 Å². The molecule has 3 aromatic carbocycles. The molecule has 0 bridgehead atoms.